The van der Waals surface area contributed by atoms with E-state index in [-0.39, 0.29) is 36.5 Å². The van der Waals surface area contributed by atoms with Gasteiger partial charge in [-0.15, -0.1) is 0 Å². The molecule has 18 heavy (non-hydrogen) atoms. The second kappa shape index (κ2) is 7.16. The summed E-state index contributed by atoms with van der Waals surface area (Å²) in [5.74, 6) is -0.559. The van der Waals surface area contributed by atoms with Crippen LogP contribution in [0.1, 0.15) is 17.3 Å². The first-order chi connectivity index (χ1) is 8.25. The minimum Gasteiger partial charge on any atom is -1.00 e. The normalized spacial score (nSPS) is 9.33. The van der Waals surface area contributed by atoms with E-state index in [1.54, 1.807) is 0 Å². The summed E-state index contributed by atoms with van der Waals surface area (Å²) in [6.07, 6.45) is 2.78. The summed E-state index contributed by atoms with van der Waals surface area (Å²) in [6, 6.07) is 11.1. The van der Waals surface area contributed by atoms with Gasteiger partial charge in [0.2, 0.25) is 0 Å². The molecule has 0 saturated heterocycles. The van der Waals surface area contributed by atoms with Gasteiger partial charge in [0.1, 0.15) is 12.4 Å². The van der Waals surface area contributed by atoms with Crippen molar-refractivity contribution in [1.29, 1.82) is 0 Å². The molecule has 4 nitrogen and oxygen atoms in total. The number of carboxylic acid groups (broad SMARTS) is 1. The summed E-state index contributed by atoms with van der Waals surface area (Å²) in [6.45, 7) is 0.394. The van der Waals surface area contributed by atoms with Gasteiger partial charge in [-0.05, 0) is 11.6 Å². The summed E-state index contributed by atoms with van der Waals surface area (Å²) in [5.41, 5.74) is 1.14. The van der Waals surface area contributed by atoms with Crippen LogP contribution in [-0.4, -0.2) is 16.1 Å². The third-order valence-corrected chi connectivity index (χ3v) is 2.21. The van der Waals surface area contributed by atoms with Crippen LogP contribution in [0.4, 0.5) is 0 Å². The first kappa shape index (κ1) is 14.7. The number of ether oxygens (including phenoxy) is 1. The Balaban J connectivity index is 0.00000162. The standard InChI is InChI=1S/C13H11NO3.Na.H/c15-13(16)11-6-12(8-14-7-11)17-9-10-4-2-1-3-5-10;;/h1-8H,9H2,(H,15,16);;/q;+1;-1. The van der Waals surface area contributed by atoms with Gasteiger partial charge in [0, 0.05) is 6.20 Å². The van der Waals surface area contributed by atoms with Gasteiger partial charge in [-0.3, -0.25) is 4.98 Å². The number of rotatable bonds is 4. The Morgan fingerprint density at radius 2 is 2.00 bits per heavy atom. The fourth-order valence-electron chi connectivity index (χ4n) is 1.36. The average Bonchev–Trinajstić information content (AvgIpc) is 2.38. The van der Waals surface area contributed by atoms with Crippen molar-refractivity contribution >= 4 is 5.97 Å². The van der Waals surface area contributed by atoms with E-state index in [4.69, 9.17) is 9.84 Å². The molecule has 0 amide bonds. The number of aromatic nitrogens is 1. The number of nitrogens with zero attached hydrogens (tertiary/aromatic N) is 1. The van der Waals surface area contributed by atoms with Crippen LogP contribution in [0.25, 0.3) is 0 Å². The molecule has 2 rings (SSSR count). The van der Waals surface area contributed by atoms with Gasteiger partial charge in [0.15, 0.2) is 0 Å². The van der Waals surface area contributed by atoms with Gasteiger partial charge < -0.3 is 11.3 Å². The molecule has 2 aromatic rings. The smallest absolute Gasteiger partial charge is 1.00 e. The van der Waals surface area contributed by atoms with Gasteiger partial charge >= 0.3 is 35.5 Å². The topological polar surface area (TPSA) is 59.4 Å². The van der Waals surface area contributed by atoms with Crippen molar-refractivity contribution < 1.29 is 45.6 Å². The number of carbonyl (C=O) groups is 1. The van der Waals surface area contributed by atoms with Crippen LogP contribution in [0.3, 0.4) is 0 Å². The molecule has 1 aromatic carbocycles. The van der Waals surface area contributed by atoms with E-state index >= 15 is 0 Å². The minimum absolute atomic E-state index is 0. The monoisotopic (exact) mass is 253 g/mol. The van der Waals surface area contributed by atoms with Crippen molar-refractivity contribution in [3.05, 3.63) is 59.9 Å². The van der Waals surface area contributed by atoms with E-state index in [2.05, 4.69) is 4.98 Å². The van der Waals surface area contributed by atoms with Crippen molar-refractivity contribution in [3.63, 3.8) is 0 Å². The molecule has 1 N–H and O–H groups in total. The summed E-state index contributed by atoms with van der Waals surface area (Å²) in [7, 11) is 0. The Morgan fingerprint density at radius 1 is 1.28 bits per heavy atom. The molecule has 0 saturated carbocycles. The van der Waals surface area contributed by atoms with Crippen molar-refractivity contribution in [2.45, 2.75) is 6.61 Å². The predicted octanol–water partition coefficient (Wildman–Crippen LogP) is -0.525. The van der Waals surface area contributed by atoms with Gasteiger partial charge in [-0.1, -0.05) is 30.3 Å². The van der Waals surface area contributed by atoms with E-state index in [0.29, 0.717) is 12.4 Å². The fraction of sp³-hybridized carbons (Fsp3) is 0.0769. The number of pyridine rings is 1. The molecular weight excluding hydrogens is 241 g/mol. The Morgan fingerprint density at radius 3 is 2.67 bits per heavy atom. The minimum atomic E-state index is -1.01. The average molecular weight is 253 g/mol. The molecule has 0 atom stereocenters. The van der Waals surface area contributed by atoms with Gasteiger partial charge in [0.05, 0.1) is 11.8 Å². The van der Waals surface area contributed by atoms with E-state index in [1.165, 1.54) is 18.5 Å². The van der Waals surface area contributed by atoms with Crippen molar-refractivity contribution in [2.24, 2.45) is 0 Å². The third-order valence-electron chi connectivity index (χ3n) is 2.21. The molecule has 0 spiro atoms. The second-order valence-corrected chi connectivity index (χ2v) is 3.49. The molecule has 0 radical (unpaired) electrons. The summed E-state index contributed by atoms with van der Waals surface area (Å²) in [5, 5.41) is 8.80. The van der Waals surface area contributed by atoms with E-state index in [9.17, 15) is 4.79 Å². The molecule has 88 valence electrons. The maximum atomic E-state index is 10.7. The largest absolute Gasteiger partial charge is 1.00 e. The van der Waals surface area contributed by atoms with Crippen LogP contribution in [0.5, 0.6) is 5.75 Å². The van der Waals surface area contributed by atoms with Crippen molar-refractivity contribution in [3.8, 4) is 5.75 Å². The third kappa shape index (κ3) is 4.14. The number of hydrogen-bond acceptors (Lipinski definition) is 3. The van der Waals surface area contributed by atoms with E-state index in [0.717, 1.165) is 5.56 Å². The van der Waals surface area contributed by atoms with Crippen LogP contribution in [0, 0.1) is 0 Å². The molecule has 0 unspecified atom stereocenters. The zero-order valence-electron chi connectivity index (χ0n) is 11.0. The Bertz CT molecular complexity index is 522. The number of hydrogen-bond donors (Lipinski definition) is 1. The summed E-state index contributed by atoms with van der Waals surface area (Å²) >= 11 is 0. The van der Waals surface area contributed by atoms with Crippen LogP contribution in [0.15, 0.2) is 48.8 Å². The van der Waals surface area contributed by atoms with Gasteiger partial charge in [0.25, 0.3) is 0 Å². The maximum absolute atomic E-state index is 10.7. The van der Waals surface area contributed by atoms with Gasteiger partial charge in [-0.25, -0.2) is 4.79 Å². The van der Waals surface area contributed by atoms with Crippen molar-refractivity contribution in [2.75, 3.05) is 0 Å². The molecular formula is C13H12NNaO3. The quantitative estimate of drug-likeness (QED) is 0.745. The second-order valence-electron chi connectivity index (χ2n) is 3.49. The van der Waals surface area contributed by atoms with Crippen molar-refractivity contribution in [1.82, 2.24) is 4.98 Å². The van der Waals surface area contributed by atoms with Crippen LogP contribution in [-0.2, 0) is 6.61 Å². The molecule has 0 bridgehead atoms. The van der Waals surface area contributed by atoms with Crippen LogP contribution < -0.4 is 34.3 Å². The number of aromatic carboxylic acids is 1. The Hall–Kier alpha value is -1.36. The summed E-state index contributed by atoms with van der Waals surface area (Å²) in [4.78, 5) is 14.5. The summed E-state index contributed by atoms with van der Waals surface area (Å²) < 4.78 is 5.46. The number of benzene rings is 1. The molecule has 1 aromatic heterocycles. The molecule has 0 aliphatic heterocycles. The Labute approximate surface area is 128 Å². The number of carboxylic acids is 1. The van der Waals surface area contributed by atoms with Gasteiger partial charge in [-0.2, -0.15) is 0 Å². The zero-order valence-corrected chi connectivity index (χ0v) is 12.0. The first-order valence-corrected chi connectivity index (χ1v) is 5.11. The first-order valence-electron chi connectivity index (χ1n) is 5.11. The molecule has 0 aliphatic carbocycles. The zero-order chi connectivity index (χ0) is 12.1. The SMILES string of the molecule is O=C(O)c1cncc(OCc2ccccc2)c1.[H-].[Na+]. The Kier molecular flexibility index (Phi) is 5.85. The molecule has 0 fully saturated rings. The van der Waals surface area contributed by atoms with E-state index < -0.39 is 5.97 Å². The molecule has 5 heteroatoms. The molecule has 0 aliphatic rings. The van der Waals surface area contributed by atoms with Crippen LogP contribution >= 0.6 is 0 Å². The van der Waals surface area contributed by atoms with Crippen LogP contribution in [0.2, 0.25) is 0 Å². The fourth-order valence-corrected chi connectivity index (χ4v) is 1.36. The molecule has 1 heterocycles. The predicted molar refractivity (Wildman–Crippen MR) is 63.1 cm³/mol. The van der Waals surface area contributed by atoms with E-state index in [1.807, 2.05) is 30.3 Å². The maximum Gasteiger partial charge on any atom is 1.00 e.